The summed E-state index contributed by atoms with van der Waals surface area (Å²) in [5.74, 6) is 0.679. The minimum absolute atomic E-state index is 0.0697. The molecule has 1 aromatic carbocycles. The lowest BCUT2D eigenvalue weighted by Gasteiger charge is -2.31. The highest BCUT2D eigenvalue weighted by Crippen LogP contribution is 2.35. The first-order valence-corrected chi connectivity index (χ1v) is 7.71. The third-order valence-electron chi connectivity index (χ3n) is 3.61. The maximum atomic E-state index is 13.2. The molecule has 1 heterocycles. The molecule has 25 heavy (non-hydrogen) atoms. The number of alkyl halides is 3. The summed E-state index contributed by atoms with van der Waals surface area (Å²) in [7, 11) is 1.55. The predicted molar refractivity (Wildman–Crippen MR) is 87.5 cm³/mol. The summed E-state index contributed by atoms with van der Waals surface area (Å²) in [5.41, 5.74) is -0.130. The molecular weight excluding hydrogens is 335 g/mol. The molecule has 1 aliphatic heterocycles. The van der Waals surface area contributed by atoms with E-state index < -0.39 is 18.0 Å². The lowest BCUT2D eigenvalue weighted by molar-refractivity contribution is -0.0919. The molecule has 1 atom stereocenters. The third-order valence-corrected chi connectivity index (χ3v) is 3.61. The fourth-order valence-corrected chi connectivity index (χ4v) is 2.36. The van der Waals surface area contributed by atoms with E-state index in [2.05, 4.69) is 0 Å². The van der Waals surface area contributed by atoms with Crippen LogP contribution in [0.1, 0.15) is 12.5 Å². The number of nitrogens with zero attached hydrogens (tertiary/aromatic N) is 1. The molecule has 136 valence electrons. The van der Waals surface area contributed by atoms with Crippen molar-refractivity contribution in [2.75, 3.05) is 13.7 Å². The highest BCUT2D eigenvalue weighted by atomic mass is 19.4. The summed E-state index contributed by atoms with van der Waals surface area (Å²) in [6.07, 6.45) is -1.38. The van der Waals surface area contributed by atoms with E-state index in [0.29, 0.717) is 12.4 Å². The molecule has 0 fully saturated rings. The Kier molecular flexibility index (Phi) is 6.14. The van der Waals surface area contributed by atoms with Gasteiger partial charge in [-0.25, -0.2) is 0 Å². The van der Waals surface area contributed by atoms with Crippen molar-refractivity contribution in [1.82, 2.24) is 4.90 Å². The minimum Gasteiger partial charge on any atom is -0.501 e. The standard InChI is InChI=1S/C18H20F3NO3/c1-3-25-9-8-14-12-22(17(23)10-16(14)18(19,20)21)11-13-4-6-15(24-2)7-5-13/h4-10,12,17,23H,3,11H2,1-2H3/b9-8+. The van der Waals surface area contributed by atoms with Crippen LogP contribution in [0.15, 0.2) is 60.0 Å². The fourth-order valence-electron chi connectivity index (χ4n) is 2.36. The summed E-state index contributed by atoms with van der Waals surface area (Å²) in [4.78, 5) is 1.42. The second-order valence-corrected chi connectivity index (χ2v) is 5.35. The Hall–Kier alpha value is -2.41. The maximum Gasteiger partial charge on any atom is 0.416 e. The first kappa shape index (κ1) is 18.9. The lowest BCUT2D eigenvalue weighted by atomic mass is 10.0. The zero-order valence-corrected chi connectivity index (χ0v) is 14.0. The van der Waals surface area contributed by atoms with E-state index in [1.165, 1.54) is 23.4 Å². The molecule has 7 heteroatoms. The topological polar surface area (TPSA) is 41.9 Å². The molecule has 0 aliphatic carbocycles. The summed E-state index contributed by atoms with van der Waals surface area (Å²) < 4.78 is 49.6. The van der Waals surface area contributed by atoms with Crippen LogP contribution in [0.4, 0.5) is 13.2 Å². The monoisotopic (exact) mass is 355 g/mol. The van der Waals surface area contributed by atoms with Crippen molar-refractivity contribution in [3.63, 3.8) is 0 Å². The molecule has 0 aromatic heterocycles. The number of aliphatic hydroxyl groups excluding tert-OH is 1. The van der Waals surface area contributed by atoms with E-state index in [-0.39, 0.29) is 12.1 Å². The molecule has 1 aliphatic rings. The lowest BCUT2D eigenvalue weighted by Crippen LogP contribution is -2.34. The predicted octanol–water partition coefficient (Wildman–Crippen LogP) is 3.75. The Morgan fingerprint density at radius 3 is 2.48 bits per heavy atom. The Balaban J connectivity index is 2.24. The van der Waals surface area contributed by atoms with Gasteiger partial charge >= 0.3 is 6.18 Å². The van der Waals surface area contributed by atoms with Crippen molar-refractivity contribution in [2.24, 2.45) is 0 Å². The van der Waals surface area contributed by atoms with Crippen molar-refractivity contribution in [1.29, 1.82) is 0 Å². The average molecular weight is 355 g/mol. The molecule has 0 saturated heterocycles. The van der Waals surface area contributed by atoms with Gasteiger partial charge in [0.1, 0.15) is 12.0 Å². The zero-order valence-electron chi connectivity index (χ0n) is 14.0. The summed E-state index contributed by atoms with van der Waals surface area (Å²) in [6.45, 7) is 2.34. The van der Waals surface area contributed by atoms with Gasteiger partial charge in [0.05, 0.1) is 25.6 Å². The van der Waals surface area contributed by atoms with Crippen molar-refractivity contribution in [3.8, 4) is 5.75 Å². The summed E-state index contributed by atoms with van der Waals surface area (Å²) in [6, 6.07) is 7.08. The highest BCUT2D eigenvalue weighted by Gasteiger charge is 2.38. The van der Waals surface area contributed by atoms with Crippen LogP contribution in [0.5, 0.6) is 5.75 Å². The number of methoxy groups -OCH3 is 1. The van der Waals surface area contributed by atoms with Gasteiger partial charge in [0.15, 0.2) is 0 Å². The molecule has 4 nitrogen and oxygen atoms in total. The van der Waals surface area contributed by atoms with Gasteiger partial charge in [-0.1, -0.05) is 12.1 Å². The van der Waals surface area contributed by atoms with Gasteiger partial charge in [-0.3, -0.25) is 0 Å². The quantitative estimate of drug-likeness (QED) is 0.789. The zero-order chi connectivity index (χ0) is 18.4. The largest absolute Gasteiger partial charge is 0.501 e. The number of halogens is 3. The van der Waals surface area contributed by atoms with Crippen LogP contribution < -0.4 is 4.74 Å². The number of rotatable bonds is 6. The van der Waals surface area contributed by atoms with Gasteiger partial charge in [-0.15, -0.1) is 0 Å². The normalized spacial score (nSPS) is 18.2. The van der Waals surface area contributed by atoms with Gasteiger partial charge in [0.2, 0.25) is 0 Å². The Labute approximate surface area is 144 Å². The van der Waals surface area contributed by atoms with E-state index in [1.54, 1.807) is 38.3 Å². The molecule has 2 rings (SSSR count). The molecule has 1 unspecified atom stereocenters. The number of hydrogen-bond donors (Lipinski definition) is 1. The number of ether oxygens (including phenoxy) is 2. The highest BCUT2D eigenvalue weighted by molar-refractivity contribution is 5.45. The first-order valence-electron chi connectivity index (χ1n) is 7.71. The van der Waals surface area contributed by atoms with Gasteiger partial charge in [0.25, 0.3) is 0 Å². The SMILES string of the molecule is CCO/C=C/C1=CN(Cc2ccc(OC)cc2)C(O)C=C1C(F)(F)F. The Bertz CT molecular complexity index is 663. The van der Waals surface area contributed by atoms with Gasteiger partial charge in [-0.05, 0) is 36.8 Å². The second-order valence-electron chi connectivity index (χ2n) is 5.35. The Morgan fingerprint density at radius 1 is 1.24 bits per heavy atom. The average Bonchev–Trinajstić information content (AvgIpc) is 2.57. The summed E-state index contributed by atoms with van der Waals surface area (Å²) in [5, 5.41) is 10.1. The van der Waals surface area contributed by atoms with Crippen LogP contribution in [-0.4, -0.2) is 36.1 Å². The number of aliphatic hydroxyl groups is 1. The molecule has 1 aromatic rings. The molecule has 0 bridgehead atoms. The molecule has 0 spiro atoms. The van der Waals surface area contributed by atoms with Crippen molar-refractivity contribution in [3.05, 3.63) is 65.6 Å². The minimum atomic E-state index is -4.56. The first-order chi connectivity index (χ1) is 11.8. The number of hydrogen-bond acceptors (Lipinski definition) is 4. The van der Waals surface area contributed by atoms with Crippen LogP contribution >= 0.6 is 0 Å². The number of allylic oxidation sites excluding steroid dienone is 3. The van der Waals surface area contributed by atoms with E-state index in [0.717, 1.165) is 11.6 Å². The van der Waals surface area contributed by atoms with Crippen LogP contribution in [0, 0.1) is 0 Å². The van der Waals surface area contributed by atoms with E-state index in [4.69, 9.17) is 9.47 Å². The van der Waals surface area contributed by atoms with Crippen LogP contribution in [-0.2, 0) is 11.3 Å². The molecule has 0 amide bonds. The van der Waals surface area contributed by atoms with Crippen LogP contribution in [0.3, 0.4) is 0 Å². The molecule has 1 N–H and O–H groups in total. The van der Waals surface area contributed by atoms with Crippen LogP contribution in [0.25, 0.3) is 0 Å². The molecule has 0 radical (unpaired) electrons. The van der Waals surface area contributed by atoms with Gasteiger partial charge < -0.3 is 19.5 Å². The number of benzene rings is 1. The molecule has 0 saturated carbocycles. The van der Waals surface area contributed by atoms with Gasteiger partial charge in [0, 0.05) is 18.3 Å². The smallest absolute Gasteiger partial charge is 0.416 e. The van der Waals surface area contributed by atoms with E-state index in [1.807, 2.05) is 0 Å². The van der Waals surface area contributed by atoms with E-state index >= 15 is 0 Å². The van der Waals surface area contributed by atoms with Crippen molar-refractivity contribution in [2.45, 2.75) is 25.9 Å². The molecular formula is C18H20F3NO3. The fraction of sp³-hybridized carbons (Fsp3) is 0.333. The third kappa shape index (κ3) is 5.03. The van der Waals surface area contributed by atoms with Crippen LogP contribution in [0.2, 0.25) is 0 Å². The summed E-state index contributed by atoms with van der Waals surface area (Å²) >= 11 is 0. The van der Waals surface area contributed by atoms with Crippen molar-refractivity contribution >= 4 is 0 Å². The van der Waals surface area contributed by atoms with Crippen molar-refractivity contribution < 1.29 is 27.8 Å². The second kappa shape index (κ2) is 8.11. The van der Waals surface area contributed by atoms with Gasteiger partial charge in [-0.2, -0.15) is 13.2 Å². The van der Waals surface area contributed by atoms with E-state index in [9.17, 15) is 18.3 Å². The Morgan fingerprint density at radius 2 is 1.92 bits per heavy atom. The maximum absolute atomic E-state index is 13.2.